The average Bonchev–Trinajstić information content (AvgIpc) is 2.53. The molecule has 1 aromatic heterocycles. The van der Waals surface area contributed by atoms with Crippen LogP contribution in [0.1, 0.15) is 12.0 Å². The summed E-state index contributed by atoms with van der Waals surface area (Å²) in [7, 11) is 0. The Hall–Kier alpha value is -2.19. The molecule has 144 valence electrons. The van der Waals surface area contributed by atoms with E-state index in [9.17, 15) is 18.0 Å². The molecule has 0 aliphatic heterocycles. The third kappa shape index (κ3) is 8.26. The Balaban J connectivity index is 0.00000312. The van der Waals surface area contributed by atoms with Gasteiger partial charge in [-0.25, -0.2) is 4.98 Å². The summed E-state index contributed by atoms with van der Waals surface area (Å²) in [6.07, 6.45) is -2.48. The number of para-hydroxylation sites is 1. The van der Waals surface area contributed by atoms with Crippen molar-refractivity contribution in [2.75, 3.05) is 17.7 Å². The van der Waals surface area contributed by atoms with E-state index in [1.165, 1.54) is 18.3 Å². The normalized spacial score (nSPS) is 10.3. The van der Waals surface area contributed by atoms with E-state index in [1.807, 2.05) is 18.2 Å². The van der Waals surface area contributed by atoms with E-state index in [1.54, 1.807) is 6.07 Å². The van der Waals surface area contributed by atoms with Crippen LogP contribution < -0.4 is 15.8 Å². The minimum Gasteiger partial charge on any atom is -0.468 e. The summed E-state index contributed by atoms with van der Waals surface area (Å²) in [6.45, 7) is -1.41. The van der Waals surface area contributed by atoms with E-state index in [2.05, 4.69) is 15.0 Å². The minimum absolute atomic E-state index is 0. The highest BCUT2D eigenvalue weighted by Gasteiger charge is 2.28. The van der Waals surface area contributed by atoms with Crippen LogP contribution in [-0.4, -0.2) is 23.7 Å². The summed E-state index contributed by atoms with van der Waals surface area (Å²) in [5.41, 5.74) is 7.67. The van der Waals surface area contributed by atoms with Crippen molar-refractivity contribution in [1.29, 1.82) is 0 Å². The smallest absolute Gasteiger partial charge is 0.422 e. The molecule has 26 heavy (non-hydrogen) atoms. The number of benzene rings is 1. The SMILES string of the molecule is Cl.Cl.Nc1ccccc1CCC(=O)Nc1ccc(OCC(F)(F)F)nc1. The molecule has 0 saturated heterocycles. The molecule has 0 unspecified atom stereocenters. The number of nitrogens with zero attached hydrogens (tertiary/aromatic N) is 1. The number of hydrogen-bond acceptors (Lipinski definition) is 4. The van der Waals surface area contributed by atoms with Crippen molar-refractivity contribution in [2.24, 2.45) is 0 Å². The molecule has 0 aliphatic rings. The highest BCUT2D eigenvalue weighted by molar-refractivity contribution is 5.90. The van der Waals surface area contributed by atoms with Crippen molar-refractivity contribution in [3.63, 3.8) is 0 Å². The molecule has 1 heterocycles. The molecule has 0 atom stereocenters. The van der Waals surface area contributed by atoms with Gasteiger partial charge in [-0.3, -0.25) is 4.79 Å². The fourth-order valence-electron chi connectivity index (χ4n) is 1.93. The van der Waals surface area contributed by atoms with Gasteiger partial charge in [0.15, 0.2) is 6.61 Å². The second kappa shape index (κ2) is 10.7. The zero-order valence-electron chi connectivity index (χ0n) is 13.5. The first-order valence-corrected chi connectivity index (χ1v) is 7.12. The van der Waals surface area contributed by atoms with Gasteiger partial charge in [-0.05, 0) is 24.1 Å². The van der Waals surface area contributed by atoms with Gasteiger partial charge in [0.25, 0.3) is 0 Å². The van der Waals surface area contributed by atoms with Crippen LogP contribution in [0.4, 0.5) is 24.5 Å². The predicted molar refractivity (Wildman–Crippen MR) is 98.1 cm³/mol. The fraction of sp³-hybridized carbons (Fsp3) is 0.250. The number of ether oxygens (including phenoxy) is 1. The summed E-state index contributed by atoms with van der Waals surface area (Å²) in [5, 5.41) is 2.61. The minimum atomic E-state index is -4.42. The third-order valence-corrected chi connectivity index (χ3v) is 3.08. The number of alkyl halides is 3. The van der Waals surface area contributed by atoms with E-state index < -0.39 is 12.8 Å². The summed E-state index contributed by atoms with van der Waals surface area (Å²) in [4.78, 5) is 15.6. The van der Waals surface area contributed by atoms with Gasteiger partial charge >= 0.3 is 6.18 Å². The number of nitrogens with one attached hydrogen (secondary N) is 1. The van der Waals surface area contributed by atoms with Crippen LogP contribution in [0, 0.1) is 0 Å². The Labute approximate surface area is 161 Å². The van der Waals surface area contributed by atoms with Crippen molar-refractivity contribution < 1.29 is 22.7 Å². The highest BCUT2D eigenvalue weighted by Crippen LogP contribution is 2.18. The molecule has 0 spiro atoms. The first-order chi connectivity index (χ1) is 11.3. The number of pyridine rings is 1. The maximum Gasteiger partial charge on any atom is 0.422 e. The number of halogens is 5. The molecule has 0 saturated carbocycles. The van der Waals surface area contributed by atoms with Crippen LogP contribution >= 0.6 is 24.8 Å². The van der Waals surface area contributed by atoms with Gasteiger partial charge in [-0.1, -0.05) is 18.2 Å². The van der Waals surface area contributed by atoms with Crippen LogP contribution in [0.3, 0.4) is 0 Å². The highest BCUT2D eigenvalue weighted by atomic mass is 35.5. The molecule has 10 heteroatoms. The maximum atomic E-state index is 12.0. The quantitative estimate of drug-likeness (QED) is 0.703. The number of nitrogens with two attached hydrogens (primary N) is 1. The lowest BCUT2D eigenvalue weighted by Gasteiger charge is -2.09. The molecule has 3 N–H and O–H groups in total. The van der Waals surface area contributed by atoms with Crippen LogP contribution in [0.15, 0.2) is 42.6 Å². The topological polar surface area (TPSA) is 77.2 Å². The molecule has 0 radical (unpaired) electrons. The van der Waals surface area contributed by atoms with Gasteiger partial charge in [0.05, 0.1) is 11.9 Å². The Morgan fingerprint density at radius 3 is 2.42 bits per heavy atom. The van der Waals surface area contributed by atoms with Crippen molar-refractivity contribution in [3.8, 4) is 5.88 Å². The van der Waals surface area contributed by atoms with Gasteiger partial charge in [0.1, 0.15) is 0 Å². The molecule has 1 amide bonds. The van der Waals surface area contributed by atoms with Gasteiger partial charge in [0.2, 0.25) is 11.8 Å². The number of nitrogen functional groups attached to an aromatic ring is 1. The number of amides is 1. The predicted octanol–water partition coefficient (Wildman–Crippen LogP) is 4.02. The number of carbonyl (C=O) groups is 1. The Bertz CT molecular complexity index is 698. The first kappa shape index (κ1) is 23.8. The molecule has 0 aliphatic carbocycles. The summed E-state index contributed by atoms with van der Waals surface area (Å²) >= 11 is 0. The number of aryl methyl sites for hydroxylation is 1. The second-order valence-corrected chi connectivity index (χ2v) is 5.04. The summed E-state index contributed by atoms with van der Waals surface area (Å²) in [5.74, 6) is -0.411. The lowest BCUT2D eigenvalue weighted by molar-refractivity contribution is -0.154. The Morgan fingerprint density at radius 2 is 1.85 bits per heavy atom. The molecule has 0 bridgehead atoms. The van der Waals surface area contributed by atoms with Gasteiger partial charge in [-0.2, -0.15) is 13.2 Å². The van der Waals surface area contributed by atoms with Crippen molar-refractivity contribution in [3.05, 3.63) is 48.2 Å². The van der Waals surface area contributed by atoms with Gasteiger partial charge in [-0.15, -0.1) is 24.8 Å². The average molecular weight is 412 g/mol. The molecule has 0 fully saturated rings. The van der Waals surface area contributed by atoms with E-state index in [-0.39, 0.29) is 43.0 Å². The van der Waals surface area contributed by atoms with Crippen molar-refractivity contribution >= 4 is 42.1 Å². The molecule has 1 aromatic carbocycles. The Morgan fingerprint density at radius 1 is 1.15 bits per heavy atom. The Kier molecular flexibility index (Phi) is 9.82. The van der Waals surface area contributed by atoms with Crippen LogP contribution in [0.5, 0.6) is 5.88 Å². The van der Waals surface area contributed by atoms with Crippen molar-refractivity contribution in [2.45, 2.75) is 19.0 Å². The zero-order chi connectivity index (χ0) is 17.6. The van der Waals surface area contributed by atoms with E-state index in [0.29, 0.717) is 17.8 Å². The van der Waals surface area contributed by atoms with E-state index in [0.717, 1.165) is 5.56 Å². The van der Waals surface area contributed by atoms with Crippen LogP contribution in [0.25, 0.3) is 0 Å². The summed E-state index contributed by atoms with van der Waals surface area (Å²) in [6, 6.07) is 9.94. The van der Waals surface area contributed by atoms with Gasteiger partial charge in [0, 0.05) is 18.2 Å². The number of rotatable bonds is 6. The number of hydrogen-bond donors (Lipinski definition) is 2. The van der Waals surface area contributed by atoms with E-state index >= 15 is 0 Å². The lowest BCUT2D eigenvalue weighted by atomic mass is 10.1. The first-order valence-electron chi connectivity index (χ1n) is 7.12. The van der Waals surface area contributed by atoms with E-state index in [4.69, 9.17) is 5.73 Å². The molecular weight excluding hydrogens is 394 g/mol. The standard InChI is InChI=1S/C16H16F3N3O2.2ClH/c17-16(18,19)10-24-15-8-6-12(9-21-15)22-14(23)7-5-11-3-1-2-4-13(11)20;;/h1-4,6,8-9H,5,7,10,20H2,(H,22,23);2*1H. The van der Waals surface area contributed by atoms with Gasteiger partial charge < -0.3 is 15.8 Å². The second-order valence-electron chi connectivity index (χ2n) is 5.04. The maximum absolute atomic E-state index is 12.0. The number of anilines is 2. The monoisotopic (exact) mass is 411 g/mol. The third-order valence-electron chi connectivity index (χ3n) is 3.08. The zero-order valence-corrected chi connectivity index (χ0v) is 15.1. The summed E-state index contributed by atoms with van der Waals surface area (Å²) < 4.78 is 40.6. The molecule has 2 rings (SSSR count). The molecule has 2 aromatic rings. The number of carbonyl (C=O) groups excluding carboxylic acids is 1. The fourth-order valence-corrected chi connectivity index (χ4v) is 1.93. The van der Waals surface area contributed by atoms with Crippen molar-refractivity contribution in [1.82, 2.24) is 4.98 Å². The largest absolute Gasteiger partial charge is 0.468 e. The van der Waals surface area contributed by atoms with Crippen LogP contribution in [-0.2, 0) is 11.2 Å². The molecular formula is C16H18Cl2F3N3O2. The lowest BCUT2D eigenvalue weighted by Crippen LogP contribution is -2.19. The number of aromatic nitrogens is 1. The van der Waals surface area contributed by atoms with Crippen LogP contribution in [0.2, 0.25) is 0 Å². The molecule has 5 nitrogen and oxygen atoms in total.